The minimum atomic E-state index is -0.699. The van der Waals surface area contributed by atoms with Gasteiger partial charge >= 0.3 is 0 Å². The molecule has 0 saturated carbocycles. The van der Waals surface area contributed by atoms with E-state index < -0.39 is 6.10 Å². The molecule has 0 aromatic heterocycles. The van der Waals surface area contributed by atoms with Crippen molar-refractivity contribution in [1.29, 1.82) is 0 Å². The number of aliphatic hydroxyl groups is 2. The first-order chi connectivity index (χ1) is 6.63. The summed E-state index contributed by atoms with van der Waals surface area (Å²) in [6, 6.07) is 6.20. The molecule has 0 aliphatic rings. The van der Waals surface area contributed by atoms with Crippen molar-refractivity contribution in [1.82, 2.24) is 0 Å². The van der Waals surface area contributed by atoms with Crippen molar-refractivity contribution < 1.29 is 14.6 Å². The number of halogens is 1. The fraction of sp³-hybridized carbons (Fsp3) is 0.455. The van der Waals surface area contributed by atoms with Crippen LogP contribution < -0.4 is 0 Å². The molecule has 1 aromatic rings. The van der Waals surface area contributed by atoms with Gasteiger partial charge in [0.25, 0.3) is 0 Å². The molecule has 0 aliphatic heterocycles. The Kier molecular flexibility index (Phi) is 4.04. The standard InChI is InChI=1S/C11H15FO2/c1-8(6-11(14)7-13)9-2-4-10(12)5-3-9/h2-5,8,11,13-14H,6-7H2,1H3. The summed E-state index contributed by atoms with van der Waals surface area (Å²) in [5.41, 5.74) is 0.971. The van der Waals surface area contributed by atoms with Gasteiger partial charge in [0.2, 0.25) is 0 Å². The van der Waals surface area contributed by atoms with Gasteiger partial charge in [0, 0.05) is 0 Å². The summed E-state index contributed by atoms with van der Waals surface area (Å²) in [7, 11) is 0. The number of benzene rings is 1. The Morgan fingerprint density at radius 1 is 1.29 bits per heavy atom. The molecule has 0 saturated heterocycles. The predicted octanol–water partition coefficient (Wildman–Crippen LogP) is 1.67. The maximum atomic E-state index is 12.6. The minimum absolute atomic E-state index is 0.123. The molecule has 1 rings (SSSR count). The molecule has 0 amide bonds. The minimum Gasteiger partial charge on any atom is -0.394 e. The summed E-state index contributed by atoms with van der Waals surface area (Å²) in [5, 5.41) is 17.9. The molecule has 0 aliphatic carbocycles. The van der Waals surface area contributed by atoms with Crippen molar-refractivity contribution >= 4 is 0 Å². The van der Waals surface area contributed by atoms with Gasteiger partial charge in [0.1, 0.15) is 5.82 Å². The van der Waals surface area contributed by atoms with Crippen molar-refractivity contribution in [3.63, 3.8) is 0 Å². The van der Waals surface area contributed by atoms with Crippen LogP contribution in [0.25, 0.3) is 0 Å². The van der Waals surface area contributed by atoms with E-state index in [-0.39, 0.29) is 18.3 Å². The highest BCUT2D eigenvalue weighted by Crippen LogP contribution is 2.20. The predicted molar refractivity (Wildman–Crippen MR) is 52.5 cm³/mol. The number of hydrogen-bond acceptors (Lipinski definition) is 2. The van der Waals surface area contributed by atoms with Crippen molar-refractivity contribution in [3.05, 3.63) is 35.6 Å². The molecule has 2 nitrogen and oxygen atoms in total. The third-order valence-corrected chi connectivity index (χ3v) is 2.28. The first-order valence-corrected chi connectivity index (χ1v) is 4.68. The largest absolute Gasteiger partial charge is 0.394 e. The van der Waals surface area contributed by atoms with E-state index in [4.69, 9.17) is 5.11 Å². The lowest BCUT2D eigenvalue weighted by Gasteiger charge is -2.14. The number of rotatable bonds is 4. The lowest BCUT2D eigenvalue weighted by Crippen LogP contribution is -2.14. The Hall–Kier alpha value is -0.930. The molecule has 0 spiro atoms. The zero-order valence-corrected chi connectivity index (χ0v) is 8.15. The van der Waals surface area contributed by atoms with Crippen molar-refractivity contribution in [2.75, 3.05) is 6.61 Å². The summed E-state index contributed by atoms with van der Waals surface area (Å²) < 4.78 is 12.6. The SMILES string of the molecule is CC(CC(O)CO)c1ccc(F)cc1. The smallest absolute Gasteiger partial charge is 0.123 e. The van der Waals surface area contributed by atoms with E-state index in [1.165, 1.54) is 12.1 Å². The highest BCUT2D eigenvalue weighted by atomic mass is 19.1. The zero-order valence-electron chi connectivity index (χ0n) is 8.15. The van der Waals surface area contributed by atoms with E-state index >= 15 is 0 Å². The Labute approximate surface area is 83.0 Å². The highest BCUT2D eigenvalue weighted by Gasteiger charge is 2.10. The van der Waals surface area contributed by atoms with Crippen LogP contribution in [0.1, 0.15) is 24.8 Å². The molecule has 1 aromatic carbocycles. The van der Waals surface area contributed by atoms with Gasteiger partial charge in [0.05, 0.1) is 12.7 Å². The second-order valence-corrected chi connectivity index (χ2v) is 3.52. The molecular weight excluding hydrogens is 183 g/mol. The van der Waals surface area contributed by atoms with Gasteiger partial charge in [-0.25, -0.2) is 4.39 Å². The van der Waals surface area contributed by atoms with Gasteiger partial charge in [-0.1, -0.05) is 19.1 Å². The molecule has 0 heterocycles. The molecular formula is C11H15FO2. The normalized spacial score (nSPS) is 15.1. The first-order valence-electron chi connectivity index (χ1n) is 4.68. The van der Waals surface area contributed by atoms with Crippen molar-refractivity contribution in [3.8, 4) is 0 Å². The van der Waals surface area contributed by atoms with Crippen LogP contribution in [0.3, 0.4) is 0 Å². The second-order valence-electron chi connectivity index (χ2n) is 3.52. The molecule has 2 atom stereocenters. The third-order valence-electron chi connectivity index (χ3n) is 2.28. The Balaban J connectivity index is 2.60. The van der Waals surface area contributed by atoms with Crippen LogP contribution in [0.2, 0.25) is 0 Å². The summed E-state index contributed by atoms with van der Waals surface area (Å²) in [5.74, 6) is -0.138. The van der Waals surface area contributed by atoms with Crippen molar-refractivity contribution in [2.45, 2.75) is 25.4 Å². The van der Waals surface area contributed by atoms with Crippen LogP contribution in [-0.2, 0) is 0 Å². The summed E-state index contributed by atoms with van der Waals surface area (Å²) in [6.45, 7) is 1.71. The Bertz CT molecular complexity index is 271. The molecule has 0 radical (unpaired) electrons. The fourth-order valence-corrected chi connectivity index (χ4v) is 1.41. The Morgan fingerprint density at radius 3 is 2.36 bits per heavy atom. The molecule has 0 fully saturated rings. The van der Waals surface area contributed by atoms with E-state index in [0.29, 0.717) is 6.42 Å². The second kappa shape index (κ2) is 5.08. The third kappa shape index (κ3) is 3.09. The number of hydrogen-bond donors (Lipinski definition) is 2. The molecule has 2 unspecified atom stereocenters. The molecule has 2 N–H and O–H groups in total. The topological polar surface area (TPSA) is 40.5 Å². The van der Waals surface area contributed by atoms with Crippen LogP contribution in [0.5, 0.6) is 0 Å². The van der Waals surface area contributed by atoms with Crippen LogP contribution >= 0.6 is 0 Å². The molecule has 14 heavy (non-hydrogen) atoms. The molecule has 0 bridgehead atoms. The van der Waals surface area contributed by atoms with E-state index in [1.54, 1.807) is 12.1 Å². The van der Waals surface area contributed by atoms with Crippen LogP contribution in [-0.4, -0.2) is 22.9 Å². The van der Waals surface area contributed by atoms with Crippen LogP contribution in [0.4, 0.5) is 4.39 Å². The number of aliphatic hydroxyl groups excluding tert-OH is 2. The highest BCUT2D eigenvalue weighted by molar-refractivity contribution is 5.19. The van der Waals surface area contributed by atoms with Gasteiger partial charge in [-0.3, -0.25) is 0 Å². The van der Waals surface area contributed by atoms with Gasteiger partial charge in [-0.2, -0.15) is 0 Å². The molecule has 3 heteroatoms. The van der Waals surface area contributed by atoms with Crippen LogP contribution in [0.15, 0.2) is 24.3 Å². The van der Waals surface area contributed by atoms with E-state index in [9.17, 15) is 9.50 Å². The summed E-state index contributed by atoms with van der Waals surface area (Å²) in [4.78, 5) is 0. The van der Waals surface area contributed by atoms with Gasteiger partial charge < -0.3 is 10.2 Å². The van der Waals surface area contributed by atoms with E-state index in [0.717, 1.165) is 5.56 Å². The first kappa shape index (κ1) is 11.1. The zero-order chi connectivity index (χ0) is 10.6. The van der Waals surface area contributed by atoms with E-state index in [2.05, 4.69) is 0 Å². The monoisotopic (exact) mass is 198 g/mol. The van der Waals surface area contributed by atoms with Gasteiger partial charge in [-0.15, -0.1) is 0 Å². The Morgan fingerprint density at radius 2 is 1.86 bits per heavy atom. The van der Waals surface area contributed by atoms with Gasteiger partial charge in [0.15, 0.2) is 0 Å². The molecule has 78 valence electrons. The van der Waals surface area contributed by atoms with Crippen molar-refractivity contribution in [2.24, 2.45) is 0 Å². The average Bonchev–Trinajstić information content (AvgIpc) is 2.18. The van der Waals surface area contributed by atoms with Gasteiger partial charge in [-0.05, 0) is 30.0 Å². The lowest BCUT2D eigenvalue weighted by atomic mass is 9.95. The maximum absolute atomic E-state index is 12.6. The van der Waals surface area contributed by atoms with E-state index in [1.807, 2.05) is 6.92 Å². The van der Waals surface area contributed by atoms with Crippen LogP contribution in [0, 0.1) is 5.82 Å². The fourth-order valence-electron chi connectivity index (χ4n) is 1.41. The summed E-state index contributed by atoms with van der Waals surface area (Å²) >= 11 is 0. The quantitative estimate of drug-likeness (QED) is 0.772. The average molecular weight is 198 g/mol. The maximum Gasteiger partial charge on any atom is 0.123 e. The lowest BCUT2D eigenvalue weighted by molar-refractivity contribution is 0.0835. The summed E-state index contributed by atoms with van der Waals surface area (Å²) in [6.07, 6.45) is -0.211.